The average Bonchev–Trinajstić information content (AvgIpc) is 2.70. The van der Waals surface area contributed by atoms with E-state index >= 15 is 0 Å². The number of thiophene rings is 1. The van der Waals surface area contributed by atoms with Gasteiger partial charge in [-0.1, -0.05) is 11.6 Å². The normalized spacial score (nSPS) is 12.5. The number of hydrogen-bond acceptors (Lipinski definition) is 2. The molecule has 0 fully saturated rings. The molecule has 0 aliphatic rings. The second-order valence-corrected chi connectivity index (χ2v) is 6.35. The monoisotopic (exact) mass is 351 g/mol. The van der Waals surface area contributed by atoms with Gasteiger partial charge in [-0.2, -0.15) is 0 Å². The highest BCUT2D eigenvalue weighted by atomic mass is 79.9. The van der Waals surface area contributed by atoms with Gasteiger partial charge in [0.05, 0.1) is 16.1 Å². The van der Waals surface area contributed by atoms with E-state index in [1.807, 2.05) is 13.0 Å². The lowest BCUT2D eigenvalue weighted by atomic mass is 10.2. The van der Waals surface area contributed by atoms with Gasteiger partial charge in [0, 0.05) is 15.4 Å². The van der Waals surface area contributed by atoms with Crippen molar-refractivity contribution < 1.29 is 8.78 Å². The fourth-order valence-corrected chi connectivity index (χ4v) is 3.11. The highest BCUT2D eigenvalue weighted by Gasteiger charge is 2.14. The maximum Gasteiger partial charge on any atom is 0.150 e. The molecule has 0 spiro atoms. The number of rotatable bonds is 3. The van der Waals surface area contributed by atoms with Gasteiger partial charge in [-0.05, 0) is 41.1 Å². The minimum absolute atomic E-state index is 0.112. The van der Waals surface area contributed by atoms with Gasteiger partial charge in [0.2, 0.25) is 0 Å². The van der Waals surface area contributed by atoms with E-state index in [1.165, 1.54) is 17.4 Å². The fraction of sp³-hybridized carbons (Fsp3) is 0.167. The van der Waals surface area contributed by atoms with Gasteiger partial charge in [-0.15, -0.1) is 11.3 Å². The molecule has 0 aliphatic heterocycles. The number of halogens is 4. The van der Waals surface area contributed by atoms with Gasteiger partial charge >= 0.3 is 0 Å². The Morgan fingerprint density at radius 1 is 1.33 bits per heavy atom. The molecular weight excluding hydrogens is 344 g/mol. The molecule has 0 saturated carbocycles. The van der Waals surface area contributed by atoms with Crippen LogP contribution < -0.4 is 5.32 Å². The van der Waals surface area contributed by atoms with Crippen molar-refractivity contribution >= 4 is 44.6 Å². The number of hydrogen-bond donors (Lipinski definition) is 1. The Bertz CT molecular complexity index is 550. The molecule has 0 bridgehead atoms. The van der Waals surface area contributed by atoms with Crippen LogP contribution in [0.25, 0.3) is 0 Å². The lowest BCUT2D eigenvalue weighted by Gasteiger charge is -2.15. The molecule has 2 aromatic rings. The van der Waals surface area contributed by atoms with E-state index in [9.17, 15) is 8.78 Å². The Hall–Kier alpha value is -0.650. The Morgan fingerprint density at radius 3 is 2.61 bits per heavy atom. The van der Waals surface area contributed by atoms with Crippen molar-refractivity contribution in [3.8, 4) is 0 Å². The van der Waals surface area contributed by atoms with Crippen LogP contribution in [0.2, 0.25) is 4.34 Å². The molecule has 96 valence electrons. The Morgan fingerprint density at radius 2 is 2.06 bits per heavy atom. The molecule has 6 heteroatoms. The topological polar surface area (TPSA) is 12.0 Å². The zero-order valence-corrected chi connectivity index (χ0v) is 12.5. The van der Waals surface area contributed by atoms with Crippen LogP contribution in [0.4, 0.5) is 14.5 Å². The molecule has 1 aromatic heterocycles. The molecule has 0 saturated heterocycles. The maximum atomic E-state index is 13.6. The van der Waals surface area contributed by atoms with Gasteiger partial charge in [0.25, 0.3) is 0 Å². The largest absolute Gasteiger partial charge is 0.374 e. The minimum atomic E-state index is -0.628. The van der Waals surface area contributed by atoms with Crippen LogP contribution >= 0.6 is 38.9 Å². The van der Waals surface area contributed by atoms with Crippen molar-refractivity contribution in [1.29, 1.82) is 0 Å². The highest BCUT2D eigenvalue weighted by molar-refractivity contribution is 9.10. The third kappa shape index (κ3) is 3.02. The summed E-state index contributed by atoms with van der Waals surface area (Å²) in [5.74, 6) is -1.24. The third-order valence-corrected chi connectivity index (χ3v) is 4.43. The standard InChI is InChI=1S/C12H9BrClF2NS/c1-6(10-2-3-11(14)18-10)17-12-8(13)4-7(15)5-9(12)16/h2-6,17H,1H3. The first-order valence-electron chi connectivity index (χ1n) is 5.13. The summed E-state index contributed by atoms with van der Waals surface area (Å²) in [5, 5.41) is 3.00. The summed E-state index contributed by atoms with van der Waals surface area (Å²) in [6, 6.07) is 5.62. The lowest BCUT2D eigenvalue weighted by molar-refractivity contribution is 0.582. The van der Waals surface area contributed by atoms with Gasteiger partial charge in [0.1, 0.15) is 11.6 Å². The van der Waals surface area contributed by atoms with Crippen molar-refractivity contribution in [2.75, 3.05) is 5.32 Å². The SMILES string of the molecule is CC(Nc1c(F)cc(F)cc1Br)c1ccc(Cl)s1. The quantitative estimate of drug-likeness (QED) is 0.756. The van der Waals surface area contributed by atoms with E-state index in [2.05, 4.69) is 21.2 Å². The summed E-state index contributed by atoms with van der Waals surface area (Å²) in [6.45, 7) is 1.89. The zero-order valence-electron chi connectivity index (χ0n) is 9.31. The van der Waals surface area contributed by atoms with Crippen LogP contribution in [0.15, 0.2) is 28.7 Å². The Kier molecular flexibility index (Phi) is 4.25. The van der Waals surface area contributed by atoms with Crippen LogP contribution in [-0.4, -0.2) is 0 Å². The first-order chi connectivity index (χ1) is 8.47. The van der Waals surface area contributed by atoms with Gasteiger partial charge in [0.15, 0.2) is 0 Å². The van der Waals surface area contributed by atoms with Crippen LogP contribution in [0.3, 0.4) is 0 Å². The number of benzene rings is 1. The van der Waals surface area contributed by atoms with Crippen LogP contribution in [0.1, 0.15) is 17.8 Å². The number of nitrogens with one attached hydrogen (secondary N) is 1. The molecule has 0 amide bonds. The van der Waals surface area contributed by atoms with Crippen molar-refractivity contribution in [1.82, 2.24) is 0 Å². The molecule has 1 heterocycles. The molecule has 0 aliphatic carbocycles. The van der Waals surface area contributed by atoms with E-state index in [1.54, 1.807) is 6.07 Å². The third-order valence-electron chi connectivity index (χ3n) is 2.39. The summed E-state index contributed by atoms with van der Waals surface area (Å²) < 4.78 is 27.6. The molecule has 1 aromatic carbocycles. The number of anilines is 1. The summed E-state index contributed by atoms with van der Waals surface area (Å²) in [5.41, 5.74) is 0.244. The Labute approximate surface area is 121 Å². The van der Waals surface area contributed by atoms with Crippen LogP contribution in [-0.2, 0) is 0 Å². The molecule has 1 atom stereocenters. The van der Waals surface area contributed by atoms with E-state index in [-0.39, 0.29) is 11.7 Å². The van der Waals surface area contributed by atoms with Gasteiger partial charge < -0.3 is 5.32 Å². The molecule has 2 rings (SSSR count). The summed E-state index contributed by atoms with van der Waals surface area (Å²) >= 11 is 10.4. The predicted molar refractivity (Wildman–Crippen MR) is 75.4 cm³/mol. The highest BCUT2D eigenvalue weighted by Crippen LogP contribution is 2.33. The second kappa shape index (κ2) is 5.55. The smallest absolute Gasteiger partial charge is 0.150 e. The molecule has 1 nitrogen and oxygen atoms in total. The zero-order chi connectivity index (χ0) is 13.3. The first kappa shape index (κ1) is 13.8. The minimum Gasteiger partial charge on any atom is -0.374 e. The van der Waals surface area contributed by atoms with Gasteiger partial charge in [-0.3, -0.25) is 0 Å². The molecular formula is C12H9BrClF2NS. The average molecular weight is 353 g/mol. The van der Waals surface area contributed by atoms with E-state index in [0.717, 1.165) is 10.9 Å². The van der Waals surface area contributed by atoms with Crippen molar-refractivity contribution in [2.45, 2.75) is 13.0 Å². The predicted octanol–water partition coefficient (Wildman–Crippen LogP) is 5.62. The summed E-state index contributed by atoms with van der Waals surface area (Å²) in [6.07, 6.45) is 0. The van der Waals surface area contributed by atoms with Crippen molar-refractivity contribution in [3.63, 3.8) is 0 Å². The van der Waals surface area contributed by atoms with Crippen LogP contribution in [0, 0.1) is 11.6 Å². The molecule has 18 heavy (non-hydrogen) atoms. The van der Waals surface area contributed by atoms with Crippen molar-refractivity contribution in [2.24, 2.45) is 0 Å². The van der Waals surface area contributed by atoms with Gasteiger partial charge in [-0.25, -0.2) is 8.78 Å². The summed E-state index contributed by atoms with van der Waals surface area (Å²) in [7, 11) is 0. The van der Waals surface area contributed by atoms with E-state index in [4.69, 9.17) is 11.6 Å². The summed E-state index contributed by atoms with van der Waals surface area (Å²) in [4.78, 5) is 0.982. The molecule has 0 radical (unpaired) electrons. The second-order valence-electron chi connectivity index (χ2n) is 3.75. The Balaban J connectivity index is 2.24. The fourth-order valence-electron chi connectivity index (χ4n) is 1.53. The molecule has 1 N–H and O–H groups in total. The van der Waals surface area contributed by atoms with E-state index in [0.29, 0.717) is 8.81 Å². The first-order valence-corrected chi connectivity index (χ1v) is 7.12. The van der Waals surface area contributed by atoms with E-state index < -0.39 is 11.6 Å². The molecule has 1 unspecified atom stereocenters. The van der Waals surface area contributed by atoms with Crippen LogP contribution in [0.5, 0.6) is 0 Å². The maximum absolute atomic E-state index is 13.6. The van der Waals surface area contributed by atoms with Crippen molar-refractivity contribution in [3.05, 3.63) is 49.6 Å². The lowest BCUT2D eigenvalue weighted by Crippen LogP contribution is -2.07.